The van der Waals surface area contributed by atoms with Crippen LogP contribution >= 0.6 is 0 Å². The summed E-state index contributed by atoms with van der Waals surface area (Å²) in [6.45, 7) is 0.331. The number of nitrogens with zero attached hydrogens (tertiary/aromatic N) is 1. The number of para-hydroxylation sites is 3. The van der Waals surface area contributed by atoms with Crippen molar-refractivity contribution >= 4 is 17.5 Å². The summed E-state index contributed by atoms with van der Waals surface area (Å²) in [6.07, 6.45) is 0.699. The summed E-state index contributed by atoms with van der Waals surface area (Å²) in [4.78, 5) is 25.8. The predicted molar refractivity (Wildman–Crippen MR) is 91.9 cm³/mol. The van der Waals surface area contributed by atoms with Crippen LogP contribution in [-0.4, -0.2) is 37.6 Å². The molecule has 2 aliphatic rings. The maximum absolute atomic E-state index is 12.3. The number of anilines is 1. The Bertz CT molecular complexity index is 796. The van der Waals surface area contributed by atoms with E-state index in [0.29, 0.717) is 18.0 Å². The summed E-state index contributed by atoms with van der Waals surface area (Å²) in [7, 11) is 0. The molecule has 0 aromatic heterocycles. The van der Waals surface area contributed by atoms with Crippen LogP contribution in [0, 0.1) is 0 Å². The SMILES string of the molecule is O=C(CN1C(=O)COc2ccccc21)NC[C@H]1Cc2ccccc2O1. The lowest BCUT2D eigenvalue weighted by Crippen LogP contribution is -2.46. The molecule has 6 nitrogen and oxygen atoms in total. The topological polar surface area (TPSA) is 67.9 Å². The minimum Gasteiger partial charge on any atom is -0.488 e. The zero-order valence-electron chi connectivity index (χ0n) is 13.6. The molecule has 0 aliphatic carbocycles. The maximum Gasteiger partial charge on any atom is 0.265 e. The van der Waals surface area contributed by atoms with Gasteiger partial charge in [0.1, 0.15) is 24.1 Å². The fraction of sp³-hybridized carbons (Fsp3) is 0.263. The molecular weight excluding hydrogens is 320 g/mol. The Balaban J connectivity index is 1.35. The van der Waals surface area contributed by atoms with Crippen molar-refractivity contribution < 1.29 is 19.1 Å². The van der Waals surface area contributed by atoms with E-state index in [0.717, 1.165) is 17.7 Å². The molecule has 0 fully saturated rings. The first-order valence-electron chi connectivity index (χ1n) is 8.24. The Labute approximate surface area is 145 Å². The Morgan fingerprint density at radius 2 is 1.88 bits per heavy atom. The van der Waals surface area contributed by atoms with Gasteiger partial charge in [0.15, 0.2) is 6.61 Å². The van der Waals surface area contributed by atoms with Gasteiger partial charge in [-0.3, -0.25) is 14.5 Å². The third-order valence-electron chi connectivity index (χ3n) is 4.35. The fourth-order valence-corrected chi connectivity index (χ4v) is 3.12. The van der Waals surface area contributed by atoms with Crippen molar-refractivity contribution in [1.82, 2.24) is 5.32 Å². The van der Waals surface area contributed by atoms with Crippen molar-refractivity contribution in [1.29, 1.82) is 0 Å². The van der Waals surface area contributed by atoms with Gasteiger partial charge < -0.3 is 14.8 Å². The molecule has 128 valence electrons. The molecule has 0 bridgehead atoms. The smallest absolute Gasteiger partial charge is 0.265 e. The van der Waals surface area contributed by atoms with E-state index in [1.54, 1.807) is 12.1 Å². The molecule has 0 saturated carbocycles. The molecular formula is C19H18N2O4. The van der Waals surface area contributed by atoms with Crippen molar-refractivity contribution in [3.63, 3.8) is 0 Å². The van der Waals surface area contributed by atoms with Gasteiger partial charge in [-0.2, -0.15) is 0 Å². The van der Waals surface area contributed by atoms with E-state index in [1.807, 2.05) is 36.4 Å². The highest BCUT2D eigenvalue weighted by Crippen LogP contribution is 2.31. The number of amides is 2. The standard InChI is InChI=1S/C19H18N2O4/c22-18(20-10-14-9-13-5-1-3-7-16(13)25-14)11-21-15-6-2-4-8-17(15)24-12-19(21)23/h1-8,14H,9-12H2,(H,20,22)/t14-/m1/s1. The number of carbonyl (C=O) groups excluding carboxylic acids is 2. The number of rotatable bonds is 4. The van der Waals surface area contributed by atoms with Crippen molar-refractivity contribution in [2.75, 3.05) is 24.6 Å². The number of hydrogen-bond donors (Lipinski definition) is 1. The van der Waals surface area contributed by atoms with Crippen LogP contribution in [-0.2, 0) is 16.0 Å². The van der Waals surface area contributed by atoms with E-state index in [9.17, 15) is 9.59 Å². The molecule has 0 saturated heterocycles. The van der Waals surface area contributed by atoms with E-state index in [2.05, 4.69) is 5.32 Å². The normalized spacial score (nSPS) is 18.0. The van der Waals surface area contributed by atoms with Crippen LogP contribution in [0.15, 0.2) is 48.5 Å². The first-order chi connectivity index (χ1) is 12.2. The summed E-state index contributed by atoms with van der Waals surface area (Å²) in [6, 6.07) is 15.1. The average molecular weight is 338 g/mol. The summed E-state index contributed by atoms with van der Waals surface area (Å²) >= 11 is 0. The molecule has 6 heteroatoms. The van der Waals surface area contributed by atoms with Crippen LogP contribution in [0.25, 0.3) is 0 Å². The minimum atomic E-state index is -0.224. The van der Waals surface area contributed by atoms with Gasteiger partial charge in [0, 0.05) is 6.42 Å². The lowest BCUT2D eigenvalue weighted by molar-refractivity contribution is -0.125. The number of benzene rings is 2. The lowest BCUT2D eigenvalue weighted by Gasteiger charge is -2.28. The van der Waals surface area contributed by atoms with Crippen molar-refractivity contribution in [3.8, 4) is 11.5 Å². The zero-order valence-corrected chi connectivity index (χ0v) is 13.6. The van der Waals surface area contributed by atoms with Crippen LogP contribution in [0.3, 0.4) is 0 Å². The Morgan fingerprint density at radius 1 is 1.12 bits per heavy atom. The molecule has 2 aliphatic heterocycles. The molecule has 2 aromatic rings. The Kier molecular flexibility index (Phi) is 4.01. The van der Waals surface area contributed by atoms with Gasteiger partial charge in [-0.25, -0.2) is 0 Å². The van der Waals surface area contributed by atoms with Crippen LogP contribution in [0.5, 0.6) is 11.5 Å². The van der Waals surface area contributed by atoms with Crippen LogP contribution in [0.2, 0.25) is 0 Å². The Hall–Kier alpha value is -3.02. The highest BCUT2D eigenvalue weighted by molar-refractivity contribution is 6.02. The predicted octanol–water partition coefficient (Wildman–Crippen LogP) is 1.53. The van der Waals surface area contributed by atoms with Crippen LogP contribution < -0.4 is 19.7 Å². The van der Waals surface area contributed by atoms with Crippen LogP contribution in [0.1, 0.15) is 5.56 Å². The van der Waals surface area contributed by atoms with E-state index in [4.69, 9.17) is 9.47 Å². The molecule has 2 amide bonds. The second-order valence-corrected chi connectivity index (χ2v) is 6.09. The number of nitrogens with one attached hydrogen (secondary N) is 1. The van der Waals surface area contributed by atoms with Crippen molar-refractivity contribution in [2.24, 2.45) is 0 Å². The van der Waals surface area contributed by atoms with Crippen LogP contribution in [0.4, 0.5) is 5.69 Å². The average Bonchev–Trinajstić information content (AvgIpc) is 3.05. The van der Waals surface area contributed by atoms with Gasteiger partial charge >= 0.3 is 0 Å². The molecule has 2 aromatic carbocycles. The van der Waals surface area contributed by atoms with Gasteiger partial charge in [0.2, 0.25) is 5.91 Å². The van der Waals surface area contributed by atoms with Gasteiger partial charge in [0.25, 0.3) is 5.91 Å². The molecule has 2 heterocycles. The molecule has 1 atom stereocenters. The zero-order chi connectivity index (χ0) is 17.2. The summed E-state index contributed by atoms with van der Waals surface area (Å²) in [5.41, 5.74) is 1.78. The van der Waals surface area contributed by atoms with Gasteiger partial charge in [-0.05, 0) is 23.8 Å². The van der Waals surface area contributed by atoms with E-state index >= 15 is 0 Å². The molecule has 1 N–H and O–H groups in total. The van der Waals surface area contributed by atoms with E-state index in [1.165, 1.54) is 4.90 Å². The number of carbonyl (C=O) groups is 2. The first-order valence-corrected chi connectivity index (χ1v) is 8.24. The van der Waals surface area contributed by atoms with Gasteiger partial charge in [-0.15, -0.1) is 0 Å². The molecule has 0 unspecified atom stereocenters. The van der Waals surface area contributed by atoms with Gasteiger partial charge in [-0.1, -0.05) is 30.3 Å². The highest BCUT2D eigenvalue weighted by atomic mass is 16.5. The largest absolute Gasteiger partial charge is 0.488 e. The lowest BCUT2D eigenvalue weighted by atomic mass is 10.1. The third kappa shape index (κ3) is 3.15. The maximum atomic E-state index is 12.3. The van der Waals surface area contributed by atoms with Crippen molar-refractivity contribution in [2.45, 2.75) is 12.5 Å². The number of hydrogen-bond acceptors (Lipinski definition) is 4. The molecule has 0 radical (unpaired) electrons. The second-order valence-electron chi connectivity index (χ2n) is 6.09. The number of ether oxygens (including phenoxy) is 2. The molecule has 0 spiro atoms. The highest BCUT2D eigenvalue weighted by Gasteiger charge is 2.28. The van der Waals surface area contributed by atoms with Crippen molar-refractivity contribution in [3.05, 3.63) is 54.1 Å². The summed E-state index contributed by atoms with van der Waals surface area (Å²) in [5.74, 6) is 1.05. The van der Waals surface area contributed by atoms with E-state index in [-0.39, 0.29) is 31.1 Å². The quantitative estimate of drug-likeness (QED) is 0.918. The second kappa shape index (κ2) is 6.47. The van der Waals surface area contributed by atoms with Gasteiger partial charge in [0.05, 0.1) is 12.2 Å². The summed E-state index contributed by atoms with van der Waals surface area (Å²) in [5, 5.41) is 2.86. The third-order valence-corrected chi connectivity index (χ3v) is 4.35. The monoisotopic (exact) mass is 338 g/mol. The fourth-order valence-electron chi connectivity index (χ4n) is 3.12. The number of fused-ring (bicyclic) bond motifs is 2. The minimum absolute atomic E-state index is 0.0289. The summed E-state index contributed by atoms with van der Waals surface area (Å²) < 4.78 is 11.2. The molecule has 25 heavy (non-hydrogen) atoms. The first kappa shape index (κ1) is 15.5. The van der Waals surface area contributed by atoms with E-state index < -0.39 is 0 Å². The Morgan fingerprint density at radius 3 is 2.72 bits per heavy atom. The molecule has 4 rings (SSSR count).